The predicted molar refractivity (Wildman–Crippen MR) is 72.6 cm³/mol. The van der Waals surface area contributed by atoms with Crippen molar-refractivity contribution in [3.63, 3.8) is 0 Å². The average molecular weight is 251 g/mol. The van der Waals surface area contributed by atoms with Crippen LogP contribution < -0.4 is 0 Å². The fraction of sp³-hybridized carbons (Fsp3) is 0.455. The zero-order valence-electron chi connectivity index (χ0n) is 9.09. The molecule has 0 saturated heterocycles. The fourth-order valence-electron chi connectivity index (χ4n) is 1.66. The third-order valence-corrected chi connectivity index (χ3v) is 3.21. The minimum atomic E-state index is 0.703. The van der Waals surface area contributed by atoms with Crippen LogP contribution in [0.15, 0.2) is 28.7 Å². The summed E-state index contributed by atoms with van der Waals surface area (Å²) in [5.41, 5.74) is 1.46. The van der Waals surface area contributed by atoms with E-state index in [2.05, 4.69) is 55.9 Å². The first-order chi connectivity index (χ1) is 6.74. The third kappa shape index (κ3) is 3.91. The van der Waals surface area contributed by atoms with Crippen LogP contribution in [-0.4, -0.2) is 15.7 Å². The summed E-state index contributed by atoms with van der Waals surface area (Å²) in [5, 5.41) is 0. The summed E-state index contributed by atoms with van der Waals surface area (Å²) in [6, 6.07) is 8.71. The molecule has 1 aromatic carbocycles. The largest absolute Gasteiger partial charge is 0.111 e. The molecule has 74 valence electrons. The van der Waals surface area contributed by atoms with Gasteiger partial charge >= 0.3 is 0 Å². The minimum absolute atomic E-state index is 0.703. The van der Waals surface area contributed by atoms with Crippen LogP contribution in [0.3, 0.4) is 0 Å². The van der Waals surface area contributed by atoms with Crippen molar-refractivity contribution in [3.8, 4) is 0 Å². The third-order valence-electron chi connectivity index (χ3n) is 2.68. The molecule has 0 fully saturated rings. The Labute approximate surface area is 97.4 Å². The highest BCUT2D eigenvalue weighted by Gasteiger charge is 2.04. The molecule has 0 nitrogen and oxygen atoms in total. The molecule has 0 radical (unpaired) electrons. The highest BCUT2D eigenvalue weighted by Crippen LogP contribution is 2.21. The topological polar surface area (TPSA) is 0 Å². The summed E-state index contributed by atoms with van der Waals surface area (Å²) in [7, 11) is 4.57. The van der Waals surface area contributed by atoms with E-state index in [4.69, 9.17) is 0 Å². The number of halogens is 1. The number of unbranched alkanes of at least 4 members (excludes halogenated alkanes) is 1. The van der Waals surface area contributed by atoms with E-state index < -0.39 is 0 Å². The summed E-state index contributed by atoms with van der Waals surface area (Å²) >= 11 is 3.46. The van der Waals surface area contributed by atoms with Gasteiger partial charge in [0.05, 0.1) is 0 Å². The standard InChI is InChI=1S/C11H17B2Br/c12-8-2-1-3-11(13)9-4-6-10(14)7-5-9/h4-7,11H,1-3,8,12-13H2. The van der Waals surface area contributed by atoms with Gasteiger partial charge in [-0.1, -0.05) is 59.2 Å². The zero-order chi connectivity index (χ0) is 10.4. The molecular weight excluding hydrogens is 234 g/mol. The Bertz CT molecular complexity index is 258. The average Bonchev–Trinajstić information content (AvgIpc) is 2.19. The van der Waals surface area contributed by atoms with Crippen molar-refractivity contribution in [3.05, 3.63) is 34.3 Å². The Hall–Kier alpha value is -0.170. The van der Waals surface area contributed by atoms with Crippen molar-refractivity contribution >= 4 is 31.6 Å². The zero-order valence-corrected chi connectivity index (χ0v) is 10.7. The predicted octanol–water partition coefficient (Wildman–Crippen LogP) is 2.34. The molecule has 0 bridgehead atoms. The van der Waals surface area contributed by atoms with Gasteiger partial charge in [0.2, 0.25) is 0 Å². The van der Waals surface area contributed by atoms with Crippen molar-refractivity contribution in [2.24, 2.45) is 0 Å². The van der Waals surface area contributed by atoms with E-state index in [1.807, 2.05) is 0 Å². The number of hydrogen-bond donors (Lipinski definition) is 0. The van der Waals surface area contributed by atoms with Crippen molar-refractivity contribution in [2.75, 3.05) is 0 Å². The molecule has 1 rings (SSSR count). The molecule has 0 aromatic heterocycles. The van der Waals surface area contributed by atoms with Gasteiger partial charge in [0.15, 0.2) is 0 Å². The molecule has 0 aliphatic carbocycles. The molecule has 0 aliphatic heterocycles. The fourth-order valence-corrected chi connectivity index (χ4v) is 1.92. The summed E-state index contributed by atoms with van der Waals surface area (Å²) in [6.07, 6.45) is 5.34. The lowest BCUT2D eigenvalue weighted by atomic mass is 9.77. The second-order valence-electron chi connectivity index (χ2n) is 3.95. The molecule has 0 N–H and O–H groups in total. The monoisotopic (exact) mass is 250 g/mol. The summed E-state index contributed by atoms with van der Waals surface area (Å²) in [5.74, 6) is 0.703. The van der Waals surface area contributed by atoms with Gasteiger partial charge in [-0.3, -0.25) is 0 Å². The maximum atomic E-state index is 3.46. The SMILES string of the molecule is BCCCCC(B)c1ccc(Br)cc1. The van der Waals surface area contributed by atoms with Crippen LogP contribution in [0.25, 0.3) is 0 Å². The van der Waals surface area contributed by atoms with Crippen LogP contribution >= 0.6 is 15.9 Å². The Balaban J connectivity index is 2.43. The van der Waals surface area contributed by atoms with Gasteiger partial charge in [-0.05, 0) is 17.9 Å². The molecule has 0 saturated carbocycles. The first-order valence-electron chi connectivity index (χ1n) is 5.49. The molecule has 0 heterocycles. The van der Waals surface area contributed by atoms with Gasteiger partial charge in [-0.2, -0.15) is 0 Å². The molecule has 1 atom stereocenters. The maximum Gasteiger partial charge on any atom is 0.111 e. The summed E-state index contributed by atoms with van der Waals surface area (Å²) < 4.78 is 1.17. The smallest absolute Gasteiger partial charge is 0.0811 e. The number of hydrogen-bond acceptors (Lipinski definition) is 0. The molecule has 0 aliphatic rings. The van der Waals surface area contributed by atoms with Crippen LogP contribution in [-0.2, 0) is 0 Å². The van der Waals surface area contributed by atoms with Gasteiger partial charge in [0, 0.05) is 4.47 Å². The van der Waals surface area contributed by atoms with Gasteiger partial charge in [0.1, 0.15) is 15.7 Å². The van der Waals surface area contributed by atoms with Crippen molar-refractivity contribution in [2.45, 2.75) is 31.4 Å². The first-order valence-corrected chi connectivity index (χ1v) is 6.28. The molecule has 0 spiro atoms. The molecule has 0 amide bonds. The first kappa shape index (κ1) is 11.9. The highest BCUT2D eigenvalue weighted by molar-refractivity contribution is 9.10. The normalized spacial score (nSPS) is 12.6. The van der Waals surface area contributed by atoms with Crippen molar-refractivity contribution in [1.29, 1.82) is 0 Å². The number of rotatable bonds is 5. The van der Waals surface area contributed by atoms with E-state index in [0.29, 0.717) is 5.82 Å². The second-order valence-corrected chi connectivity index (χ2v) is 4.86. The van der Waals surface area contributed by atoms with Gasteiger partial charge < -0.3 is 0 Å². The van der Waals surface area contributed by atoms with E-state index in [1.54, 1.807) is 0 Å². The van der Waals surface area contributed by atoms with Crippen molar-refractivity contribution < 1.29 is 0 Å². The summed E-state index contributed by atoms with van der Waals surface area (Å²) in [6.45, 7) is 0. The van der Waals surface area contributed by atoms with Crippen LogP contribution in [0.5, 0.6) is 0 Å². The lowest BCUT2D eigenvalue weighted by Gasteiger charge is -2.11. The van der Waals surface area contributed by atoms with Gasteiger partial charge in [-0.15, -0.1) is 0 Å². The minimum Gasteiger partial charge on any atom is -0.0811 e. The van der Waals surface area contributed by atoms with E-state index in [0.717, 1.165) is 0 Å². The van der Waals surface area contributed by atoms with Crippen LogP contribution in [0.2, 0.25) is 6.32 Å². The number of benzene rings is 1. The summed E-state index contributed by atoms with van der Waals surface area (Å²) in [4.78, 5) is 0. The lowest BCUT2D eigenvalue weighted by molar-refractivity contribution is 0.700. The maximum absolute atomic E-state index is 3.46. The van der Waals surface area contributed by atoms with Gasteiger partial charge in [0.25, 0.3) is 0 Å². The Kier molecular flexibility index (Phi) is 5.39. The van der Waals surface area contributed by atoms with E-state index in [9.17, 15) is 0 Å². The molecule has 1 unspecified atom stereocenters. The molecular formula is C11H17B2Br. The molecule has 14 heavy (non-hydrogen) atoms. The van der Waals surface area contributed by atoms with Crippen molar-refractivity contribution in [1.82, 2.24) is 0 Å². The molecule has 3 heteroatoms. The second kappa shape index (κ2) is 6.34. The molecule has 1 aromatic rings. The Morgan fingerprint density at radius 3 is 2.36 bits per heavy atom. The van der Waals surface area contributed by atoms with Gasteiger partial charge in [-0.25, -0.2) is 0 Å². The van der Waals surface area contributed by atoms with Crippen LogP contribution in [0.4, 0.5) is 0 Å². The highest BCUT2D eigenvalue weighted by atomic mass is 79.9. The van der Waals surface area contributed by atoms with E-state index >= 15 is 0 Å². The van der Waals surface area contributed by atoms with Crippen LogP contribution in [0.1, 0.15) is 30.6 Å². The van der Waals surface area contributed by atoms with E-state index in [1.165, 1.54) is 35.6 Å². The quantitative estimate of drug-likeness (QED) is 0.556. The van der Waals surface area contributed by atoms with Crippen LogP contribution in [0, 0.1) is 0 Å². The Morgan fingerprint density at radius 2 is 1.79 bits per heavy atom. The lowest BCUT2D eigenvalue weighted by Crippen LogP contribution is -1.97. The Morgan fingerprint density at radius 1 is 1.14 bits per heavy atom. The van der Waals surface area contributed by atoms with E-state index in [-0.39, 0.29) is 0 Å².